The monoisotopic (exact) mass is 379 g/mol. The first-order valence-corrected chi connectivity index (χ1v) is 10.5. The number of hydrogen-bond acceptors (Lipinski definition) is 2. The summed E-state index contributed by atoms with van der Waals surface area (Å²) < 4.78 is 5.94. The third kappa shape index (κ3) is 4.24. The number of benzene rings is 2. The summed E-state index contributed by atoms with van der Waals surface area (Å²) in [7, 11) is 0. The minimum atomic E-state index is -0.431. The fourth-order valence-electron chi connectivity index (χ4n) is 4.44. The molecule has 0 atom stereocenters. The molecule has 0 aliphatic heterocycles. The lowest BCUT2D eigenvalue weighted by molar-refractivity contribution is -0.122. The lowest BCUT2D eigenvalue weighted by Gasteiger charge is -2.36. The Hall–Kier alpha value is -2.29. The second-order valence-corrected chi connectivity index (χ2v) is 8.57. The normalized spacial score (nSPS) is 16.1. The molecule has 1 aliphatic carbocycles. The Morgan fingerprint density at radius 2 is 1.64 bits per heavy atom. The van der Waals surface area contributed by atoms with Gasteiger partial charge in [0.05, 0.1) is 11.5 Å². The molecule has 1 aliphatic rings. The molecule has 0 heterocycles. The summed E-state index contributed by atoms with van der Waals surface area (Å²) >= 11 is 0. The van der Waals surface area contributed by atoms with Gasteiger partial charge >= 0.3 is 0 Å². The van der Waals surface area contributed by atoms with Crippen molar-refractivity contribution in [1.82, 2.24) is 0 Å². The van der Waals surface area contributed by atoms with Crippen LogP contribution in [0.5, 0.6) is 5.75 Å². The molecule has 0 radical (unpaired) electrons. The molecule has 1 saturated carbocycles. The van der Waals surface area contributed by atoms with E-state index in [-0.39, 0.29) is 12.0 Å². The largest absolute Gasteiger partial charge is 0.490 e. The quantitative estimate of drug-likeness (QED) is 0.668. The molecule has 1 N–H and O–H groups in total. The van der Waals surface area contributed by atoms with Gasteiger partial charge in [0, 0.05) is 5.69 Å². The lowest BCUT2D eigenvalue weighted by atomic mass is 9.68. The van der Waals surface area contributed by atoms with Gasteiger partial charge in [-0.15, -0.1) is 0 Å². The number of amides is 1. The van der Waals surface area contributed by atoms with E-state index in [0.717, 1.165) is 53.8 Å². The molecule has 3 rings (SSSR count). The highest BCUT2D eigenvalue weighted by molar-refractivity contribution is 5.99. The fourth-order valence-corrected chi connectivity index (χ4v) is 4.44. The first kappa shape index (κ1) is 20.4. The van der Waals surface area contributed by atoms with Gasteiger partial charge in [-0.05, 0) is 76.3 Å². The third-order valence-corrected chi connectivity index (χ3v) is 5.78. The van der Waals surface area contributed by atoms with E-state index in [4.69, 9.17) is 4.74 Å². The minimum absolute atomic E-state index is 0.120. The van der Waals surface area contributed by atoms with Crippen LogP contribution >= 0.6 is 0 Å². The summed E-state index contributed by atoms with van der Waals surface area (Å²) in [6, 6.07) is 12.5. The van der Waals surface area contributed by atoms with Crippen molar-refractivity contribution >= 4 is 11.6 Å². The van der Waals surface area contributed by atoms with E-state index in [1.165, 1.54) is 12.0 Å². The predicted molar refractivity (Wildman–Crippen MR) is 116 cm³/mol. The van der Waals surface area contributed by atoms with E-state index in [1.807, 2.05) is 39.8 Å². The number of carbonyl (C=O) groups is 1. The molecular weight excluding hydrogens is 346 g/mol. The average Bonchev–Trinajstić information content (AvgIpc) is 2.65. The summed E-state index contributed by atoms with van der Waals surface area (Å²) in [4.78, 5) is 13.5. The molecule has 0 saturated heterocycles. The Bertz CT molecular complexity index is 824. The van der Waals surface area contributed by atoms with Gasteiger partial charge in [0.25, 0.3) is 0 Å². The number of nitrogens with one attached hydrogen (secondary N) is 1. The van der Waals surface area contributed by atoms with Gasteiger partial charge in [0.15, 0.2) is 0 Å². The third-order valence-electron chi connectivity index (χ3n) is 5.78. The van der Waals surface area contributed by atoms with E-state index in [9.17, 15) is 4.79 Å². The number of anilines is 1. The summed E-state index contributed by atoms with van der Waals surface area (Å²) in [6.07, 6.45) is 5.36. The molecule has 1 amide bonds. The maximum absolute atomic E-state index is 13.5. The second-order valence-electron chi connectivity index (χ2n) is 8.57. The molecule has 28 heavy (non-hydrogen) atoms. The summed E-state index contributed by atoms with van der Waals surface area (Å²) in [5.41, 5.74) is 4.89. The van der Waals surface area contributed by atoms with Crippen LogP contribution in [0.2, 0.25) is 0 Å². The molecule has 2 aromatic carbocycles. The van der Waals surface area contributed by atoms with Crippen molar-refractivity contribution < 1.29 is 9.53 Å². The zero-order valence-corrected chi connectivity index (χ0v) is 17.9. The smallest absolute Gasteiger partial charge is 0.235 e. The first-order chi connectivity index (χ1) is 13.3. The van der Waals surface area contributed by atoms with Crippen molar-refractivity contribution in [3.05, 3.63) is 58.7 Å². The maximum Gasteiger partial charge on any atom is 0.235 e. The molecule has 3 nitrogen and oxygen atoms in total. The molecule has 1 fully saturated rings. The second kappa shape index (κ2) is 8.38. The highest BCUT2D eigenvalue weighted by Crippen LogP contribution is 2.41. The van der Waals surface area contributed by atoms with E-state index >= 15 is 0 Å². The summed E-state index contributed by atoms with van der Waals surface area (Å²) in [5, 5.41) is 3.24. The van der Waals surface area contributed by atoms with Gasteiger partial charge in [-0.2, -0.15) is 0 Å². The van der Waals surface area contributed by atoms with Crippen molar-refractivity contribution in [2.75, 3.05) is 5.32 Å². The van der Waals surface area contributed by atoms with Crippen LogP contribution in [0.4, 0.5) is 5.69 Å². The Balaban J connectivity index is 1.91. The van der Waals surface area contributed by atoms with Crippen LogP contribution in [-0.2, 0) is 10.2 Å². The van der Waals surface area contributed by atoms with Crippen molar-refractivity contribution in [3.8, 4) is 5.75 Å². The van der Waals surface area contributed by atoms with Crippen LogP contribution in [0.15, 0.2) is 36.4 Å². The fraction of sp³-hybridized carbons (Fsp3) is 0.480. The predicted octanol–water partition coefficient (Wildman–Crippen LogP) is 6.24. The zero-order valence-electron chi connectivity index (χ0n) is 17.9. The maximum atomic E-state index is 13.5. The van der Waals surface area contributed by atoms with Crippen LogP contribution < -0.4 is 10.1 Å². The molecule has 3 heteroatoms. The van der Waals surface area contributed by atoms with Gasteiger partial charge in [0.1, 0.15) is 5.75 Å². The number of rotatable bonds is 5. The number of carbonyl (C=O) groups excluding carboxylic acids is 1. The van der Waals surface area contributed by atoms with E-state index in [0.29, 0.717) is 0 Å². The van der Waals surface area contributed by atoms with E-state index < -0.39 is 5.41 Å². The Morgan fingerprint density at radius 1 is 1.00 bits per heavy atom. The molecule has 0 spiro atoms. The highest BCUT2D eigenvalue weighted by atomic mass is 16.5. The molecular formula is C25H33NO2. The van der Waals surface area contributed by atoms with Gasteiger partial charge < -0.3 is 10.1 Å². The number of hydrogen-bond donors (Lipinski definition) is 1. The van der Waals surface area contributed by atoms with Crippen LogP contribution in [0.3, 0.4) is 0 Å². The SMILES string of the molecule is Cc1cccc(C2(C(=O)Nc3cc(C)c(OC(C)C)c(C)c3)CCCCC2)c1. The molecule has 2 aromatic rings. The Kier molecular flexibility index (Phi) is 6.12. The summed E-state index contributed by atoms with van der Waals surface area (Å²) in [6.45, 7) is 10.2. The average molecular weight is 380 g/mol. The minimum Gasteiger partial charge on any atom is -0.490 e. The van der Waals surface area contributed by atoms with Crippen molar-refractivity contribution in [1.29, 1.82) is 0 Å². The van der Waals surface area contributed by atoms with Crippen LogP contribution in [0, 0.1) is 20.8 Å². The zero-order chi connectivity index (χ0) is 20.3. The van der Waals surface area contributed by atoms with E-state index in [1.54, 1.807) is 0 Å². The molecule has 0 bridgehead atoms. The van der Waals surface area contributed by atoms with Crippen molar-refractivity contribution in [2.45, 2.75) is 78.2 Å². The van der Waals surface area contributed by atoms with Gasteiger partial charge in [0.2, 0.25) is 5.91 Å². The van der Waals surface area contributed by atoms with Crippen LogP contribution in [-0.4, -0.2) is 12.0 Å². The number of ether oxygens (including phenoxy) is 1. The standard InChI is InChI=1S/C25H33NO2/c1-17(2)28-23-19(4)15-22(16-20(23)5)26-24(27)25(12-7-6-8-13-25)21-11-9-10-18(3)14-21/h9-11,14-17H,6-8,12-13H2,1-5H3,(H,26,27). The van der Waals surface area contributed by atoms with Crippen LogP contribution in [0.1, 0.15) is 68.2 Å². The molecule has 0 unspecified atom stereocenters. The Morgan fingerprint density at radius 3 is 2.21 bits per heavy atom. The van der Waals surface area contributed by atoms with Crippen molar-refractivity contribution in [3.63, 3.8) is 0 Å². The van der Waals surface area contributed by atoms with E-state index in [2.05, 4.69) is 36.5 Å². The van der Waals surface area contributed by atoms with Gasteiger partial charge in [-0.3, -0.25) is 4.79 Å². The topological polar surface area (TPSA) is 38.3 Å². The van der Waals surface area contributed by atoms with Gasteiger partial charge in [-0.25, -0.2) is 0 Å². The first-order valence-electron chi connectivity index (χ1n) is 10.5. The highest BCUT2D eigenvalue weighted by Gasteiger charge is 2.41. The number of aryl methyl sites for hydroxylation is 3. The molecule has 0 aromatic heterocycles. The van der Waals surface area contributed by atoms with Crippen LogP contribution in [0.25, 0.3) is 0 Å². The lowest BCUT2D eigenvalue weighted by Crippen LogP contribution is -2.42. The molecule has 150 valence electrons. The summed E-state index contributed by atoms with van der Waals surface area (Å²) in [5.74, 6) is 1.04. The van der Waals surface area contributed by atoms with Crippen molar-refractivity contribution in [2.24, 2.45) is 0 Å². The Labute approximate surface area is 169 Å². The van der Waals surface area contributed by atoms with Gasteiger partial charge in [-0.1, -0.05) is 49.1 Å².